The van der Waals surface area contributed by atoms with Crippen LogP contribution in [-0.2, 0) is 6.54 Å². The van der Waals surface area contributed by atoms with Crippen molar-refractivity contribution in [1.82, 2.24) is 14.8 Å². The minimum absolute atomic E-state index is 0.181. The highest BCUT2D eigenvalue weighted by molar-refractivity contribution is 6.30. The second kappa shape index (κ2) is 5.65. The first kappa shape index (κ1) is 11.9. The summed E-state index contributed by atoms with van der Waals surface area (Å²) in [6.07, 6.45) is 2.32. The first-order valence-electron chi connectivity index (χ1n) is 5.13. The van der Waals surface area contributed by atoms with E-state index < -0.39 is 6.10 Å². The van der Waals surface area contributed by atoms with Gasteiger partial charge in [-0.3, -0.25) is 4.68 Å². The summed E-state index contributed by atoms with van der Waals surface area (Å²) in [5, 5.41) is 14.2. The van der Waals surface area contributed by atoms with Crippen molar-refractivity contribution < 1.29 is 9.84 Å². The molecule has 17 heavy (non-hydrogen) atoms. The zero-order valence-electron chi connectivity index (χ0n) is 9.03. The van der Waals surface area contributed by atoms with E-state index in [4.69, 9.17) is 16.3 Å². The Morgan fingerprint density at radius 1 is 1.47 bits per heavy atom. The van der Waals surface area contributed by atoms with E-state index in [1.807, 2.05) is 0 Å². The molecule has 90 valence electrons. The second-order valence-corrected chi connectivity index (χ2v) is 3.98. The number of benzene rings is 1. The van der Waals surface area contributed by atoms with E-state index in [-0.39, 0.29) is 6.61 Å². The van der Waals surface area contributed by atoms with Gasteiger partial charge in [-0.2, -0.15) is 5.10 Å². The monoisotopic (exact) mass is 253 g/mol. The van der Waals surface area contributed by atoms with Gasteiger partial charge in [0.05, 0.1) is 6.54 Å². The molecule has 1 aromatic carbocycles. The molecule has 0 aliphatic heterocycles. The van der Waals surface area contributed by atoms with Crippen molar-refractivity contribution in [3.05, 3.63) is 41.9 Å². The van der Waals surface area contributed by atoms with E-state index in [0.717, 1.165) is 0 Å². The fraction of sp³-hybridized carbons (Fsp3) is 0.273. The molecule has 0 amide bonds. The number of nitrogens with zero attached hydrogens (tertiary/aromatic N) is 3. The van der Waals surface area contributed by atoms with E-state index in [9.17, 15) is 5.11 Å². The molecule has 1 atom stereocenters. The summed E-state index contributed by atoms with van der Waals surface area (Å²) < 4.78 is 6.95. The van der Waals surface area contributed by atoms with Gasteiger partial charge in [0.15, 0.2) is 0 Å². The first-order valence-corrected chi connectivity index (χ1v) is 5.50. The molecule has 5 nitrogen and oxygen atoms in total. The van der Waals surface area contributed by atoms with E-state index >= 15 is 0 Å². The minimum atomic E-state index is -0.643. The maximum Gasteiger partial charge on any atom is 0.137 e. The lowest BCUT2D eigenvalue weighted by molar-refractivity contribution is 0.0892. The van der Waals surface area contributed by atoms with Gasteiger partial charge in [0, 0.05) is 5.02 Å². The highest BCUT2D eigenvalue weighted by Crippen LogP contribution is 2.17. The van der Waals surface area contributed by atoms with Crippen LogP contribution in [0, 0.1) is 0 Å². The Labute approximate surface area is 104 Å². The van der Waals surface area contributed by atoms with Crippen molar-refractivity contribution >= 4 is 11.6 Å². The molecular formula is C11H12ClN3O2. The van der Waals surface area contributed by atoms with Gasteiger partial charge in [0.25, 0.3) is 0 Å². The molecule has 0 aliphatic rings. The number of halogens is 1. The molecule has 6 heteroatoms. The fourth-order valence-corrected chi connectivity index (χ4v) is 1.53. The number of aliphatic hydroxyl groups excluding tert-OH is 1. The van der Waals surface area contributed by atoms with Crippen molar-refractivity contribution in [3.63, 3.8) is 0 Å². The van der Waals surface area contributed by atoms with Crippen LogP contribution in [0.15, 0.2) is 36.9 Å². The van der Waals surface area contributed by atoms with Gasteiger partial charge in [-0.1, -0.05) is 17.7 Å². The van der Waals surface area contributed by atoms with Crippen LogP contribution in [0.4, 0.5) is 0 Å². The van der Waals surface area contributed by atoms with Crippen molar-refractivity contribution in [1.29, 1.82) is 0 Å². The summed E-state index contributed by atoms with van der Waals surface area (Å²) in [6.45, 7) is 0.529. The maximum absolute atomic E-state index is 9.70. The van der Waals surface area contributed by atoms with Gasteiger partial charge < -0.3 is 9.84 Å². The van der Waals surface area contributed by atoms with Crippen LogP contribution in [0.3, 0.4) is 0 Å². The molecule has 1 N–H and O–H groups in total. The van der Waals surface area contributed by atoms with Crippen LogP contribution in [-0.4, -0.2) is 32.6 Å². The highest BCUT2D eigenvalue weighted by Gasteiger charge is 2.06. The molecule has 2 rings (SSSR count). The van der Waals surface area contributed by atoms with E-state index in [2.05, 4.69) is 10.1 Å². The third-order valence-electron chi connectivity index (χ3n) is 2.10. The maximum atomic E-state index is 9.70. The quantitative estimate of drug-likeness (QED) is 0.874. The molecule has 2 aromatic rings. The SMILES string of the molecule is O[C@@H](COc1cccc(Cl)c1)Cn1cncn1. The number of hydrogen-bond donors (Lipinski definition) is 1. The number of rotatable bonds is 5. The summed E-state index contributed by atoms with van der Waals surface area (Å²) >= 11 is 5.81. The second-order valence-electron chi connectivity index (χ2n) is 3.54. The van der Waals surface area contributed by atoms with Gasteiger partial charge in [-0.15, -0.1) is 0 Å². The van der Waals surface area contributed by atoms with Crippen molar-refractivity contribution in [3.8, 4) is 5.75 Å². The normalized spacial score (nSPS) is 12.4. The smallest absolute Gasteiger partial charge is 0.137 e. The predicted octanol–water partition coefficient (Wildman–Crippen LogP) is 1.37. The average molecular weight is 254 g/mol. The van der Waals surface area contributed by atoms with Crippen LogP contribution < -0.4 is 4.74 Å². The van der Waals surface area contributed by atoms with E-state index in [0.29, 0.717) is 17.3 Å². The van der Waals surface area contributed by atoms with E-state index in [1.165, 1.54) is 6.33 Å². The van der Waals surface area contributed by atoms with Crippen LogP contribution >= 0.6 is 11.6 Å². The van der Waals surface area contributed by atoms with Crippen molar-refractivity contribution in [2.75, 3.05) is 6.61 Å². The molecule has 0 unspecified atom stereocenters. The third-order valence-corrected chi connectivity index (χ3v) is 2.34. The highest BCUT2D eigenvalue weighted by atomic mass is 35.5. The molecule has 0 bridgehead atoms. The molecular weight excluding hydrogens is 242 g/mol. The Hall–Kier alpha value is -1.59. The van der Waals surface area contributed by atoms with Crippen LogP contribution in [0.25, 0.3) is 0 Å². The average Bonchev–Trinajstić information content (AvgIpc) is 2.79. The van der Waals surface area contributed by atoms with Crippen molar-refractivity contribution in [2.24, 2.45) is 0 Å². The van der Waals surface area contributed by atoms with E-state index in [1.54, 1.807) is 35.3 Å². The third kappa shape index (κ3) is 3.72. The van der Waals surface area contributed by atoms with Gasteiger partial charge >= 0.3 is 0 Å². The van der Waals surface area contributed by atoms with Gasteiger partial charge in [-0.05, 0) is 18.2 Å². The molecule has 0 fully saturated rings. The first-order chi connectivity index (χ1) is 8.24. The Morgan fingerprint density at radius 3 is 3.06 bits per heavy atom. The standard InChI is InChI=1S/C11H12ClN3O2/c12-9-2-1-3-11(4-9)17-6-10(16)5-15-8-13-7-14-15/h1-4,7-8,10,16H,5-6H2/t10-/m1/s1. The summed E-state index contributed by atoms with van der Waals surface area (Å²) in [5.74, 6) is 0.634. The topological polar surface area (TPSA) is 60.2 Å². The number of ether oxygens (including phenoxy) is 1. The van der Waals surface area contributed by atoms with Gasteiger partial charge in [0.1, 0.15) is 31.1 Å². The van der Waals surface area contributed by atoms with Gasteiger partial charge in [-0.25, -0.2) is 4.98 Å². The lowest BCUT2D eigenvalue weighted by Crippen LogP contribution is -2.23. The largest absolute Gasteiger partial charge is 0.491 e. The zero-order chi connectivity index (χ0) is 12.1. The molecule has 1 aromatic heterocycles. The number of aliphatic hydroxyl groups is 1. The molecule has 0 radical (unpaired) electrons. The summed E-state index contributed by atoms with van der Waals surface area (Å²) in [5.41, 5.74) is 0. The molecule has 0 saturated heterocycles. The summed E-state index contributed by atoms with van der Waals surface area (Å²) in [4.78, 5) is 3.79. The van der Waals surface area contributed by atoms with Crippen LogP contribution in [0.1, 0.15) is 0 Å². The molecule has 0 aliphatic carbocycles. The zero-order valence-corrected chi connectivity index (χ0v) is 9.79. The lowest BCUT2D eigenvalue weighted by atomic mass is 10.3. The number of aromatic nitrogens is 3. The summed E-state index contributed by atoms with van der Waals surface area (Å²) in [6, 6.07) is 7.04. The number of hydrogen-bond acceptors (Lipinski definition) is 4. The predicted molar refractivity (Wildman–Crippen MR) is 63.0 cm³/mol. The van der Waals surface area contributed by atoms with Crippen LogP contribution in [0.2, 0.25) is 5.02 Å². The van der Waals surface area contributed by atoms with Crippen molar-refractivity contribution in [2.45, 2.75) is 12.6 Å². The Balaban J connectivity index is 1.82. The van der Waals surface area contributed by atoms with Gasteiger partial charge in [0.2, 0.25) is 0 Å². The molecule has 0 spiro atoms. The Bertz CT molecular complexity index is 461. The lowest BCUT2D eigenvalue weighted by Gasteiger charge is -2.12. The Morgan fingerprint density at radius 2 is 2.35 bits per heavy atom. The Kier molecular flexibility index (Phi) is 3.95. The van der Waals surface area contributed by atoms with Crippen LogP contribution in [0.5, 0.6) is 5.75 Å². The fourth-order valence-electron chi connectivity index (χ4n) is 1.34. The molecule has 1 heterocycles. The summed E-state index contributed by atoms with van der Waals surface area (Å²) in [7, 11) is 0. The molecule has 0 saturated carbocycles. The minimum Gasteiger partial charge on any atom is -0.491 e.